The average Bonchev–Trinajstić information content (AvgIpc) is 1.37. The van der Waals surface area contributed by atoms with Crippen LogP contribution in [0.25, 0.3) is 0 Å². The molecule has 0 heterocycles. The first-order valence-electron chi connectivity index (χ1n) is 0.563. The maximum absolute atomic E-state index is 8.87. The minimum absolute atomic E-state index is 0. The van der Waals surface area contributed by atoms with Gasteiger partial charge in [-0.05, 0) is 0 Å². The van der Waals surface area contributed by atoms with E-state index in [4.69, 9.17) is 4.79 Å². The Bertz CT molecular complexity index is 47.6. The van der Waals surface area contributed by atoms with Crippen LogP contribution >= 0.6 is 0 Å². The number of isocyanates is 1. The van der Waals surface area contributed by atoms with Crippen molar-refractivity contribution in [3.05, 3.63) is 0 Å². The van der Waals surface area contributed by atoms with E-state index in [9.17, 15) is 0 Å². The van der Waals surface area contributed by atoms with Gasteiger partial charge in [-0.2, -0.15) is 0 Å². The predicted molar refractivity (Wildman–Crippen MR) is 13.1 cm³/mol. The van der Waals surface area contributed by atoms with E-state index in [0.29, 0.717) is 0 Å². The van der Waals surface area contributed by atoms with E-state index < -0.39 is 0 Å². The summed E-state index contributed by atoms with van der Waals surface area (Å²) < 4.78 is 2.88. The number of hydrogen-bond donors (Lipinski definition) is 1. The molecule has 0 saturated heterocycles. The Morgan fingerprint density at radius 1 is 1.80 bits per heavy atom. The standard InChI is InChI=1S/CNO.Au.H3N/c2-1-3;;/h;;1H3/q-1;+1;. The van der Waals surface area contributed by atoms with Gasteiger partial charge in [0.2, 0.25) is 0 Å². The monoisotopic (exact) mass is 256 g/mol. The number of rotatable bonds is 0. The molecule has 0 amide bonds. The Labute approximate surface area is 42.3 Å². The Morgan fingerprint density at radius 2 is 2.00 bits per heavy atom. The second-order valence-corrected chi connectivity index (χ2v) is 0.643. The molecular weight excluding hydrogens is 253 g/mol. The van der Waals surface area contributed by atoms with Crippen LogP contribution in [-0.4, -0.2) is 6.08 Å². The number of hydrogen-bond acceptors (Lipinski definition) is 3. The van der Waals surface area contributed by atoms with Crippen LogP contribution in [0.3, 0.4) is 0 Å². The molecule has 0 unspecified atom stereocenters. The van der Waals surface area contributed by atoms with Crippen LogP contribution in [-0.2, 0) is 26.1 Å². The third-order valence-corrected chi connectivity index (χ3v) is 0.225. The van der Waals surface area contributed by atoms with E-state index in [1.165, 1.54) is 6.08 Å². The van der Waals surface area contributed by atoms with E-state index in [0.717, 1.165) is 0 Å². The van der Waals surface area contributed by atoms with E-state index >= 15 is 0 Å². The molecule has 0 rings (SSSR count). The Balaban J connectivity index is 0. The molecule has 0 aliphatic rings. The minimum atomic E-state index is 0. The molecule has 34 valence electrons. The van der Waals surface area contributed by atoms with E-state index in [-0.39, 0.29) is 6.15 Å². The molecule has 0 aliphatic heterocycles. The molecule has 0 aromatic rings. The van der Waals surface area contributed by atoms with Crippen molar-refractivity contribution in [1.29, 1.82) is 0 Å². The molecule has 0 radical (unpaired) electrons. The molecular formula is CH3AuN2O. The van der Waals surface area contributed by atoms with Gasteiger partial charge in [0.1, 0.15) is 0 Å². The molecule has 4 heteroatoms. The number of carbonyl (C=O) groups excluding carboxylic acids is 1. The summed E-state index contributed by atoms with van der Waals surface area (Å²) in [4.78, 5) is 8.87. The molecule has 0 aromatic heterocycles. The van der Waals surface area contributed by atoms with Crippen LogP contribution in [0, 0.1) is 0 Å². The van der Waals surface area contributed by atoms with Crippen molar-refractivity contribution < 1.29 is 26.1 Å². The SMILES string of the molecule is N.O=C=[N][Au]. The van der Waals surface area contributed by atoms with Crippen LogP contribution in [0.15, 0.2) is 3.40 Å². The van der Waals surface area contributed by atoms with Crippen LogP contribution in [0.5, 0.6) is 0 Å². The summed E-state index contributed by atoms with van der Waals surface area (Å²) >= 11 is 1.70. The van der Waals surface area contributed by atoms with Crippen molar-refractivity contribution in [1.82, 2.24) is 6.15 Å². The third kappa shape index (κ3) is 15.1. The van der Waals surface area contributed by atoms with Crippen LogP contribution in [0.4, 0.5) is 0 Å². The van der Waals surface area contributed by atoms with Gasteiger partial charge in [-0.15, -0.1) is 0 Å². The molecule has 0 aromatic carbocycles. The molecule has 0 bridgehead atoms. The summed E-state index contributed by atoms with van der Waals surface area (Å²) in [5.41, 5.74) is 0. The summed E-state index contributed by atoms with van der Waals surface area (Å²) in [5, 5.41) is 0. The summed E-state index contributed by atoms with van der Waals surface area (Å²) in [6.45, 7) is 0. The summed E-state index contributed by atoms with van der Waals surface area (Å²) in [6.07, 6.45) is 1.28. The van der Waals surface area contributed by atoms with Crippen LogP contribution in [0.2, 0.25) is 0 Å². The van der Waals surface area contributed by atoms with Crippen LogP contribution in [0.1, 0.15) is 0 Å². The molecule has 0 aliphatic carbocycles. The Kier molecular flexibility index (Phi) is 15.9. The first-order valence-corrected chi connectivity index (χ1v) is 1.53. The van der Waals surface area contributed by atoms with Gasteiger partial charge in [0, 0.05) is 0 Å². The zero-order chi connectivity index (χ0) is 3.41. The second-order valence-electron chi connectivity index (χ2n) is 0.159. The van der Waals surface area contributed by atoms with Gasteiger partial charge in [-0.1, -0.05) is 0 Å². The fourth-order valence-corrected chi connectivity index (χ4v) is 0. The predicted octanol–water partition coefficient (Wildman–Crippen LogP) is -0.0540. The Hall–Kier alpha value is 0.0803. The molecule has 0 saturated carbocycles. The van der Waals surface area contributed by atoms with Crippen molar-refractivity contribution in [3.8, 4) is 0 Å². The molecule has 3 N–H and O–H groups in total. The molecule has 0 fully saturated rings. The topological polar surface area (TPSA) is 64.4 Å². The van der Waals surface area contributed by atoms with Gasteiger partial charge in [-0.3, -0.25) is 0 Å². The Morgan fingerprint density at radius 3 is 2.00 bits per heavy atom. The molecule has 3 nitrogen and oxygen atoms in total. The fourth-order valence-electron chi connectivity index (χ4n) is 0. The van der Waals surface area contributed by atoms with E-state index in [1.54, 1.807) is 21.3 Å². The van der Waals surface area contributed by atoms with Crippen molar-refractivity contribution in [2.45, 2.75) is 0 Å². The van der Waals surface area contributed by atoms with E-state index in [1.807, 2.05) is 0 Å². The van der Waals surface area contributed by atoms with Crippen molar-refractivity contribution in [2.75, 3.05) is 0 Å². The maximum atomic E-state index is 8.87. The van der Waals surface area contributed by atoms with Crippen molar-refractivity contribution in [2.24, 2.45) is 3.40 Å². The van der Waals surface area contributed by atoms with Gasteiger partial charge < -0.3 is 6.15 Å². The fraction of sp³-hybridized carbons (Fsp3) is 0. The van der Waals surface area contributed by atoms with Gasteiger partial charge in [0.05, 0.1) is 0 Å². The summed E-state index contributed by atoms with van der Waals surface area (Å²) in [5.74, 6) is 0. The first-order chi connectivity index (χ1) is 1.91. The van der Waals surface area contributed by atoms with Gasteiger partial charge >= 0.3 is 35.6 Å². The van der Waals surface area contributed by atoms with Crippen molar-refractivity contribution >= 4 is 6.08 Å². The van der Waals surface area contributed by atoms with Gasteiger partial charge in [0.25, 0.3) is 0 Å². The quantitative estimate of drug-likeness (QED) is 0.375. The molecule has 5 heavy (non-hydrogen) atoms. The third-order valence-electron chi connectivity index (χ3n) is 0.0275. The van der Waals surface area contributed by atoms with Gasteiger partial charge in [0.15, 0.2) is 0 Å². The zero-order valence-electron chi connectivity index (χ0n) is 2.36. The average molecular weight is 256 g/mol. The second kappa shape index (κ2) is 8.95. The summed E-state index contributed by atoms with van der Waals surface area (Å²) in [7, 11) is 0. The zero-order valence-corrected chi connectivity index (χ0v) is 4.53. The van der Waals surface area contributed by atoms with Crippen molar-refractivity contribution in [3.63, 3.8) is 0 Å². The van der Waals surface area contributed by atoms with Crippen LogP contribution < -0.4 is 6.15 Å². The normalized spacial score (nSPS) is 3.60. The summed E-state index contributed by atoms with van der Waals surface area (Å²) in [6, 6.07) is 0. The number of nitrogens with zero attached hydrogens (tertiary/aromatic N) is 1. The van der Waals surface area contributed by atoms with E-state index in [2.05, 4.69) is 3.40 Å². The molecule has 0 atom stereocenters. The first kappa shape index (κ1) is 8.91. The van der Waals surface area contributed by atoms with Gasteiger partial charge in [-0.25, -0.2) is 0 Å². The molecule has 0 spiro atoms.